The minimum absolute atomic E-state index is 0.255. The molecule has 2 aromatic carbocycles. The van der Waals surface area contributed by atoms with Crippen molar-refractivity contribution in [3.8, 4) is 5.95 Å². The molecule has 0 aliphatic rings. The van der Waals surface area contributed by atoms with Crippen molar-refractivity contribution in [2.75, 3.05) is 11.9 Å². The minimum Gasteiger partial charge on any atom is -0.450 e. The van der Waals surface area contributed by atoms with E-state index in [-0.39, 0.29) is 19.0 Å². The number of hydrogen-bond acceptors (Lipinski definition) is 4. The van der Waals surface area contributed by atoms with Crippen LogP contribution in [0.4, 0.5) is 15.0 Å². The molecule has 148 valence electrons. The van der Waals surface area contributed by atoms with Gasteiger partial charge in [0.2, 0.25) is 5.95 Å². The molecule has 0 radical (unpaired) electrons. The Kier molecular flexibility index (Phi) is 4.99. The van der Waals surface area contributed by atoms with Crippen LogP contribution in [0.25, 0.3) is 17.0 Å². The molecule has 2 aromatic heterocycles. The van der Waals surface area contributed by atoms with E-state index in [0.717, 1.165) is 11.0 Å². The Morgan fingerprint density at radius 1 is 1.17 bits per heavy atom. The van der Waals surface area contributed by atoms with Crippen molar-refractivity contribution in [1.29, 1.82) is 0 Å². The number of anilines is 1. The summed E-state index contributed by atoms with van der Waals surface area (Å²) in [5.41, 5.74) is 2.80. The molecule has 0 aliphatic heterocycles. The van der Waals surface area contributed by atoms with Crippen molar-refractivity contribution < 1.29 is 13.9 Å². The fraction of sp³-hybridized carbons (Fsp3) is 0.190. The molecule has 7 nitrogen and oxygen atoms in total. The lowest BCUT2D eigenvalue weighted by Gasteiger charge is -2.12. The Labute approximate surface area is 166 Å². The molecule has 29 heavy (non-hydrogen) atoms. The van der Waals surface area contributed by atoms with E-state index in [1.54, 1.807) is 31.2 Å². The molecule has 0 spiro atoms. The smallest absolute Gasteiger partial charge is 0.412 e. The van der Waals surface area contributed by atoms with Gasteiger partial charge >= 0.3 is 6.09 Å². The summed E-state index contributed by atoms with van der Waals surface area (Å²) >= 11 is 0. The van der Waals surface area contributed by atoms with Gasteiger partial charge in [0.1, 0.15) is 11.6 Å². The lowest BCUT2D eigenvalue weighted by Crippen LogP contribution is -2.18. The maximum absolute atomic E-state index is 14.3. The molecule has 0 bridgehead atoms. The van der Waals surface area contributed by atoms with Crippen molar-refractivity contribution in [3.63, 3.8) is 0 Å². The van der Waals surface area contributed by atoms with Gasteiger partial charge in [0.05, 0.1) is 29.9 Å². The number of amides is 1. The van der Waals surface area contributed by atoms with Crippen LogP contribution in [0.2, 0.25) is 0 Å². The third-order valence-corrected chi connectivity index (χ3v) is 4.45. The molecule has 8 heteroatoms. The van der Waals surface area contributed by atoms with Crippen LogP contribution in [0.1, 0.15) is 18.2 Å². The summed E-state index contributed by atoms with van der Waals surface area (Å²) in [6, 6.07) is 15.9. The zero-order valence-corrected chi connectivity index (χ0v) is 16.1. The molecule has 1 amide bonds. The molecule has 4 rings (SSSR count). The number of imidazole rings is 1. The Morgan fingerprint density at radius 2 is 1.93 bits per heavy atom. The summed E-state index contributed by atoms with van der Waals surface area (Å²) in [5.74, 6) is 0.596. The first-order valence-electron chi connectivity index (χ1n) is 9.26. The summed E-state index contributed by atoms with van der Waals surface area (Å²) in [4.78, 5) is 16.6. The van der Waals surface area contributed by atoms with Crippen LogP contribution < -0.4 is 5.32 Å². The lowest BCUT2D eigenvalue weighted by molar-refractivity contribution is 0.167. The highest BCUT2D eigenvalue weighted by molar-refractivity contribution is 5.84. The van der Waals surface area contributed by atoms with E-state index >= 15 is 0 Å². The van der Waals surface area contributed by atoms with Gasteiger partial charge in [-0.2, -0.15) is 9.78 Å². The third-order valence-electron chi connectivity index (χ3n) is 4.45. The van der Waals surface area contributed by atoms with Crippen LogP contribution in [0.5, 0.6) is 0 Å². The SMILES string of the molecule is CCOC(=O)Nc1cc(C)nn1-c1nc2ccccc2n1Cc1ccccc1F. The van der Waals surface area contributed by atoms with Crippen LogP contribution in [-0.4, -0.2) is 32.0 Å². The average molecular weight is 393 g/mol. The first kappa shape index (κ1) is 18.7. The quantitative estimate of drug-likeness (QED) is 0.549. The highest BCUT2D eigenvalue weighted by Gasteiger charge is 2.19. The molecule has 0 aliphatic carbocycles. The van der Waals surface area contributed by atoms with E-state index in [1.165, 1.54) is 10.7 Å². The fourth-order valence-corrected chi connectivity index (χ4v) is 3.19. The lowest BCUT2D eigenvalue weighted by atomic mass is 10.2. The summed E-state index contributed by atoms with van der Waals surface area (Å²) in [6.07, 6.45) is -0.578. The number of fused-ring (bicyclic) bond motifs is 1. The number of halogens is 1. The van der Waals surface area contributed by atoms with E-state index in [1.807, 2.05) is 35.8 Å². The molecular formula is C21H20FN5O2. The third kappa shape index (κ3) is 3.69. The van der Waals surface area contributed by atoms with Crippen molar-refractivity contribution in [1.82, 2.24) is 19.3 Å². The van der Waals surface area contributed by atoms with Crippen molar-refractivity contribution in [3.05, 3.63) is 71.7 Å². The predicted octanol–water partition coefficient (Wildman–Crippen LogP) is 4.29. The molecule has 0 fully saturated rings. The normalized spacial score (nSPS) is 11.0. The number of carbonyl (C=O) groups is 1. The molecule has 0 saturated heterocycles. The van der Waals surface area contributed by atoms with Gasteiger partial charge in [-0.3, -0.25) is 5.32 Å². The number of hydrogen-bond donors (Lipinski definition) is 1. The Morgan fingerprint density at radius 3 is 2.72 bits per heavy atom. The highest BCUT2D eigenvalue weighted by Crippen LogP contribution is 2.24. The summed E-state index contributed by atoms with van der Waals surface area (Å²) in [6.45, 7) is 4.07. The number of aryl methyl sites for hydroxylation is 1. The number of aromatic nitrogens is 4. The number of nitrogens with zero attached hydrogens (tertiary/aromatic N) is 4. The van der Waals surface area contributed by atoms with Gasteiger partial charge < -0.3 is 9.30 Å². The first-order chi connectivity index (χ1) is 14.1. The van der Waals surface area contributed by atoms with Gasteiger partial charge in [-0.1, -0.05) is 30.3 Å². The number of benzene rings is 2. The number of rotatable bonds is 5. The minimum atomic E-state index is -0.578. The monoisotopic (exact) mass is 393 g/mol. The van der Waals surface area contributed by atoms with Crippen molar-refractivity contribution >= 4 is 22.9 Å². The standard InChI is InChI=1S/C21H20FN5O2/c1-3-29-21(28)24-19-12-14(2)25-27(19)20-23-17-10-6-7-11-18(17)26(20)13-15-8-4-5-9-16(15)22/h4-12H,3,13H2,1-2H3,(H,24,28). The van der Waals surface area contributed by atoms with E-state index in [4.69, 9.17) is 4.74 Å². The van der Waals surface area contributed by atoms with E-state index < -0.39 is 6.09 Å². The van der Waals surface area contributed by atoms with Crippen molar-refractivity contribution in [2.24, 2.45) is 0 Å². The summed E-state index contributed by atoms with van der Waals surface area (Å²) < 4.78 is 22.7. The average Bonchev–Trinajstić information content (AvgIpc) is 3.24. The second-order valence-electron chi connectivity index (χ2n) is 6.51. The maximum Gasteiger partial charge on any atom is 0.412 e. The zero-order valence-electron chi connectivity index (χ0n) is 16.1. The summed E-state index contributed by atoms with van der Waals surface area (Å²) in [5, 5.41) is 7.17. The fourth-order valence-electron chi connectivity index (χ4n) is 3.19. The molecule has 0 atom stereocenters. The molecule has 1 N–H and O–H groups in total. The van der Waals surface area contributed by atoms with Gasteiger partial charge in [-0.15, -0.1) is 0 Å². The Bertz CT molecular complexity index is 1180. The van der Waals surface area contributed by atoms with Crippen LogP contribution in [0, 0.1) is 12.7 Å². The Balaban J connectivity index is 1.85. The van der Waals surface area contributed by atoms with Gasteiger partial charge in [-0.25, -0.2) is 14.2 Å². The maximum atomic E-state index is 14.3. The van der Waals surface area contributed by atoms with E-state index in [2.05, 4.69) is 15.4 Å². The molecule has 4 aromatic rings. The second-order valence-corrected chi connectivity index (χ2v) is 6.51. The number of para-hydroxylation sites is 2. The van der Waals surface area contributed by atoms with Crippen LogP contribution in [-0.2, 0) is 11.3 Å². The molecule has 0 unspecified atom stereocenters. The number of carbonyl (C=O) groups excluding carboxylic acids is 1. The van der Waals surface area contributed by atoms with Gasteiger partial charge in [0, 0.05) is 11.6 Å². The Hall–Kier alpha value is -3.68. The van der Waals surface area contributed by atoms with Crippen LogP contribution in [0.3, 0.4) is 0 Å². The van der Waals surface area contributed by atoms with Crippen molar-refractivity contribution in [2.45, 2.75) is 20.4 Å². The van der Waals surface area contributed by atoms with Crippen LogP contribution in [0.15, 0.2) is 54.6 Å². The molecular weight excluding hydrogens is 373 g/mol. The largest absolute Gasteiger partial charge is 0.450 e. The van der Waals surface area contributed by atoms with Gasteiger partial charge in [-0.05, 0) is 32.0 Å². The molecule has 2 heterocycles. The van der Waals surface area contributed by atoms with E-state index in [9.17, 15) is 9.18 Å². The van der Waals surface area contributed by atoms with Gasteiger partial charge in [0.15, 0.2) is 0 Å². The summed E-state index contributed by atoms with van der Waals surface area (Å²) in [7, 11) is 0. The first-order valence-corrected chi connectivity index (χ1v) is 9.26. The van der Waals surface area contributed by atoms with Gasteiger partial charge in [0.25, 0.3) is 0 Å². The topological polar surface area (TPSA) is 74.0 Å². The zero-order chi connectivity index (χ0) is 20.4. The molecule has 0 saturated carbocycles. The highest BCUT2D eigenvalue weighted by atomic mass is 19.1. The predicted molar refractivity (Wildman–Crippen MR) is 108 cm³/mol. The second kappa shape index (κ2) is 7.75. The number of nitrogens with one attached hydrogen (secondary N) is 1. The van der Waals surface area contributed by atoms with Crippen LogP contribution >= 0.6 is 0 Å². The van der Waals surface area contributed by atoms with E-state index in [0.29, 0.717) is 23.0 Å². The number of ether oxygens (including phenoxy) is 1.